The molecular formula is C19H27N3O2. The Balaban J connectivity index is 1.85. The van der Waals surface area contributed by atoms with Crippen molar-refractivity contribution in [3.63, 3.8) is 0 Å². The lowest BCUT2D eigenvalue weighted by Crippen LogP contribution is -2.28. The van der Waals surface area contributed by atoms with E-state index in [1.54, 1.807) is 14.2 Å². The second-order valence-corrected chi connectivity index (χ2v) is 6.43. The summed E-state index contributed by atoms with van der Waals surface area (Å²) in [6.45, 7) is 1.96. The molecule has 1 aromatic heterocycles. The highest BCUT2D eigenvalue weighted by molar-refractivity contribution is 5.40. The first-order valence-corrected chi connectivity index (χ1v) is 8.65. The van der Waals surface area contributed by atoms with Crippen LogP contribution in [0.15, 0.2) is 30.5 Å². The van der Waals surface area contributed by atoms with Crippen LogP contribution in [0.5, 0.6) is 11.5 Å². The molecule has 1 atom stereocenters. The molecule has 0 radical (unpaired) electrons. The molecule has 130 valence electrons. The minimum absolute atomic E-state index is 0.375. The number of aryl methyl sites for hydroxylation is 1. The molecule has 0 spiro atoms. The first-order chi connectivity index (χ1) is 11.7. The van der Waals surface area contributed by atoms with Gasteiger partial charge in [0.05, 0.1) is 26.0 Å². The number of aromatic nitrogens is 2. The number of rotatable bonds is 5. The Hall–Kier alpha value is -2.01. The summed E-state index contributed by atoms with van der Waals surface area (Å²) in [7, 11) is 5.38. The minimum atomic E-state index is 0.375. The Labute approximate surface area is 144 Å². The number of methoxy groups -OCH3 is 2. The molecular weight excluding hydrogens is 302 g/mol. The molecule has 1 aliphatic heterocycles. The van der Waals surface area contributed by atoms with E-state index in [1.807, 2.05) is 30.1 Å². The van der Waals surface area contributed by atoms with Crippen LogP contribution in [0.2, 0.25) is 0 Å². The maximum absolute atomic E-state index is 5.58. The molecule has 2 heterocycles. The zero-order valence-corrected chi connectivity index (χ0v) is 14.9. The van der Waals surface area contributed by atoms with Crippen LogP contribution in [0, 0.1) is 0 Å². The van der Waals surface area contributed by atoms with Gasteiger partial charge in [0.2, 0.25) is 0 Å². The molecule has 0 N–H and O–H groups in total. The molecule has 1 aromatic carbocycles. The van der Waals surface area contributed by atoms with E-state index in [2.05, 4.69) is 22.1 Å². The van der Waals surface area contributed by atoms with Crippen molar-refractivity contribution in [2.75, 3.05) is 20.8 Å². The van der Waals surface area contributed by atoms with Gasteiger partial charge in [0.1, 0.15) is 11.5 Å². The maximum atomic E-state index is 5.58. The summed E-state index contributed by atoms with van der Waals surface area (Å²) in [6, 6.07) is 8.60. The summed E-state index contributed by atoms with van der Waals surface area (Å²) in [4.78, 5) is 2.54. The fourth-order valence-electron chi connectivity index (χ4n) is 3.50. The van der Waals surface area contributed by atoms with Gasteiger partial charge in [0, 0.05) is 31.4 Å². The molecule has 0 aliphatic carbocycles. The lowest BCUT2D eigenvalue weighted by molar-refractivity contribution is 0.186. The van der Waals surface area contributed by atoms with Crippen LogP contribution in [-0.4, -0.2) is 35.4 Å². The zero-order valence-electron chi connectivity index (χ0n) is 14.9. The maximum Gasteiger partial charge on any atom is 0.127 e. The van der Waals surface area contributed by atoms with E-state index in [9.17, 15) is 0 Å². The molecule has 1 fully saturated rings. The van der Waals surface area contributed by atoms with Crippen molar-refractivity contribution < 1.29 is 9.47 Å². The van der Waals surface area contributed by atoms with Crippen molar-refractivity contribution in [2.45, 2.75) is 38.3 Å². The van der Waals surface area contributed by atoms with E-state index in [4.69, 9.17) is 9.47 Å². The Morgan fingerprint density at radius 1 is 1.12 bits per heavy atom. The highest BCUT2D eigenvalue weighted by Gasteiger charge is 2.25. The average molecular weight is 329 g/mol. The van der Waals surface area contributed by atoms with E-state index >= 15 is 0 Å². The number of hydrogen-bond donors (Lipinski definition) is 0. The number of likely N-dealkylation sites (tertiary alicyclic amines) is 1. The van der Waals surface area contributed by atoms with Gasteiger partial charge in [0.15, 0.2) is 0 Å². The van der Waals surface area contributed by atoms with Crippen LogP contribution in [0.4, 0.5) is 0 Å². The molecule has 0 amide bonds. The number of benzene rings is 1. The summed E-state index contributed by atoms with van der Waals surface area (Å²) in [6.07, 6.45) is 6.99. The van der Waals surface area contributed by atoms with Gasteiger partial charge in [-0.1, -0.05) is 18.9 Å². The third-order valence-electron chi connectivity index (χ3n) is 4.81. The lowest BCUT2D eigenvalue weighted by Gasteiger charge is -2.29. The minimum Gasteiger partial charge on any atom is -0.497 e. The highest BCUT2D eigenvalue weighted by atomic mass is 16.5. The summed E-state index contributed by atoms with van der Waals surface area (Å²) in [5, 5.41) is 4.66. The molecule has 3 rings (SSSR count). The first kappa shape index (κ1) is 16.8. The second kappa shape index (κ2) is 7.71. The van der Waals surface area contributed by atoms with Gasteiger partial charge in [-0.2, -0.15) is 5.10 Å². The predicted octanol–water partition coefficient (Wildman–Crippen LogP) is 3.55. The van der Waals surface area contributed by atoms with Crippen LogP contribution in [-0.2, 0) is 13.6 Å². The van der Waals surface area contributed by atoms with Crippen LogP contribution in [0.25, 0.3) is 0 Å². The van der Waals surface area contributed by atoms with Crippen LogP contribution >= 0.6 is 0 Å². The fourth-order valence-corrected chi connectivity index (χ4v) is 3.50. The third-order valence-corrected chi connectivity index (χ3v) is 4.81. The van der Waals surface area contributed by atoms with Gasteiger partial charge < -0.3 is 9.47 Å². The normalized spacial score (nSPS) is 19.0. The molecule has 5 heteroatoms. The van der Waals surface area contributed by atoms with Gasteiger partial charge in [-0.05, 0) is 31.5 Å². The molecule has 0 bridgehead atoms. The number of hydrogen-bond acceptors (Lipinski definition) is 4. The van der Waals surface area contributed by atoms with Crippen molar-refractivity contribution in [3.8, 4) is 11.5 Å². The molecule has 2 aromatic rings. The molecule has 1 aliphatic rings. The summed E-state index contributed by atoms with van der Waals surface area (Å²) >= 11 is 0. The van der Waals surface area contributed by atoms with Crippen molar-refractivity contribution in [2.24, 2.45) is 7.05 Å². The Morgan fingerprint density at radius 2 is 2.00 bits per heavy atom. The Bertz CT molecular complexity index is 668. The van der Waals surface area contributed by atoms with E-state index in [0.29, 0.717) is 6.04 Å². The second-order valence-electron chi connectivity index (χ2n) is 6.43. The van der Waals surface area contributed by atoms with E-state index < -0.39 is 0 Å². The van der Waals surface area contributed by atoms with Crippen molar-refractivity contribution in [1.29, 1.82) is 0 Å². The molecule has 0 saturated carbocycles. The number of nitrogens with zero attached hydrogens (tertiary/aromatic N) is 3. The topological polar surface area (TPSA) is 39.5 Å². The van der Waals surface area contributed by atoms with Crippen molar-refractivity contribution in [3.05, 3.63) is 41.7 Å². The van der Waals surface area contributed by atoms with Crippen LogP contribution in [0.1, 0.15) is 43.0 Å². The summed E-state index contributed by atoms with van der Waals surface area (Å²) < 4.78 is 12.8. The fraction of sp³-hybridized carbons (Fsp3) is 0.526. The molecule has 1 saturated heterocycles. The van der Waals surface area contributed by atoms with Gasteiger partial charge >= 0.3 is 0 Å². The Morgan fingerprint density at radius 3 is 2.71 bits per heavy atom. The van der Waals surface area contributed by atoms with Gasteiger partial charge in [0.25, 0.3) is 0 Å². The summed E-state index contributed by atoms with van der Waals surface area (Å²) in [5.41, 5.74) is 2.37. The predicted molar refractivity (Wildman–Crippen MR) is 94.4 cm³/mol. The van der Waals surface area contributed by atoms with Gasteiger partial charge in [-0.25, -0.2) is 0 Å². The van der Waals surface area contributed by atoms with E-state index in [0.717, 1.165) is 31.0 Å². The number of ether oxygens (including phenoxy) is 2. The van der Waals surface area contributed by atoms with E-state index in [1.165, 1.54) is 30.5 Å². The smallest absolute Gasteiger partial charge is 0.127 e. The summed E-state index contributed by atoms with van der Waals surface area (Å²) in [5.74, 6) is 1.71. The Kier molecular flexibility index (Phi) is 5.41. The zero-order chi connectivity index (χ0) is 16.9. The SMILES string of the molecule is COc1ccc(CN2CCCCCC2c2ccn(C)n2)c(OC)c1. The largest absolute Gasteiger partial charge is 0.497 e. The quantitative estimate of drug-likeness (QED) is 0.841. The van der Waals surface area contributed by atoms with Crippen LogP contribution in [0.3, 0.4) is 0 Å². The van der Waals surface area contributed by atoms with Crippen LogP contribution < -0.4 is 9.47 Å². The highest BCUT2D eigenvalue weighted by Crippen LogP contribution is 2.33. The molecule has 1 unspecified atom stereocenters. The monoisotopic (exact) mass is 329 g/mol. The van der Waals surface area contributed by atoms with Crippen molar-refractivity contribution >= 4 is 0 Å². The molecule has 5 nitrogen and oxygen atoms in total. The first-order valence-electron chi connectivity index (χ1n) is 8.65. The van der Waals surface area contributed by atoms with E-state index in [-0.39, 0.29) is 0 Å². The third kappa shape index (κ3) is 3.73. The van der Waals surface area contributed by atoms with Gasteiger partial charge in [-0.3, -0.25) is 9.58 Å². The van der Waals surface area contributed by atoms with Gasteiger partial charge in [-0.15, -0.1) is 0 Å². The lowest BCUT2D eigenvalue weighted by atomic mass is 10.1. The average Bonchev–Trinajstić information content (AvgIpc) is 2.90. The van der Waals surface area contributed by atoms with Crippen molar-refractivity contribution in [1.82, 2.24) is 14.7 Å². The molecule has 24 heavy (non-hydrogen) atoms. The standard InChI is InChI=1S/C19H27N3O2/c1-21-12-10-17(20-21)18-7-5-4-6-11-22(18)14-15-8-9-16(23-2)13-19(15)24-3/h8-10,12-13,18H,4-7,11,14H2,1-3H3.